The Morgan fingerprint density at radius 3 is 2.39 bits per heavy atom. The van der Waals surface area contributed by atoms with E-state index in [-0.39, 0.29) is 0 Å². The van der Waals surface area contributed by atoms with E-state index in [1.807, 2.05) is 4.98 Å². The van der Waals surface area contributed by atoms with Gasteiger partial charge in [0.05, 0.1) is 12.2 Å². The van der Waals surface area contributed by atoms with Gasteiger partial charge in [0.1, 0.15) is 24.3 Å². The first-order valence-electron chi connectivity index (χ1n) is 12.7. The number of aromatic amines is 1. The third kappa shape index (κ3) is 9.39. The highest BCUT2D eigenvalue weighted by Crippen LogP contribution is 2.49. The molecule has 0 radical (unpaired) electrons. The Hall–Kier alpha value is -2.72. The minimum absolute atomic E-state index is 0.505. The van der Waals surface area contributed by atoms with Crippen molar-refractivity contribution in [3.63, 3.8) is 0 Å². The van der Waals surface area contributed by atoms with E-state index in [2.05, 4.69) is 16.8 Å². The van der Waals surface area contributed by atoms with E-state index in [1.54, 1.807) is 27.7 Å². The largest absolute Gasteiger partial charge is 0.834 e. The number of carbonyl (C=O) groups is 2. The number of ether oxygens (including phenoxy) is 4. The van der Waals surface area contributed by atoms with Crippen molar-refractivity contribution in [2.75, 3.05) is 13.4 Å². The zero-order chi connectivity index (χ0) is 31.2. The number of H-pyrrole nitrogens is 1. The first-order valence-corrected chi connectivity index (χ1v) is 14.3. The van der Waals surface area contributed by atoms with E-state index in [0.29, 0.717) is 0 Å². The molecule has 1 aromatic rings. The maximum atomic E-state index is 16.1. The number of aromatic nitrogens is 2. The van der Waals surface area contributed by atoms with Gasteiger partial charge in [-0.1, -0.05) is 6.08 Å². The lowest BCUT2D eigenvalue weighted by molar-refractivity contribution is -0.448. The van der Waals surface area contributed by atoms with Gasteiger partial charge in [-0.3, -0.25) is 23.7 Å². The topological polar surface area (TPSA) is 199 Å². The summed E-state index contributed by atoms with van der Waals surface area (Å²) >= 11 is 0. The lowest BCUT2D eigenvalue weighted by atomic mass is 9.99. The van der Waals surface area contributed by atoms with E-state index < -0.39 is 92.7 Å². The molecule has 1 aliphatic heterocycles. The molecule has 0 amide bonds. The quantitative estimate of drug-likeness (QED) is 0.107. The lowest BCUT2D eigenvalue weighted by Gasteiger charge is -2.31. The fraction of sp³-hybridized carbons (Fsp3) is 0.667. The van der Waals surface area contributed by atoms with Crippen LogP contribution in [-0.4, -0.2) is 70.6 Å². The number of alkyl halides is 1. The second kappa shape index (κ2) is 14.0. The summed E-state index contributed by atoms with van der Waals surface area (Å²) in [7, 11) is -4.51. The third-order valence-electron chi connectivity index (χ3n) is 5.63. The number of halogens is 1. The van der Waals surface area contributed by atoms with Gasteiger partial charge in [0, 0.05) is 18.7 Å². The molecule has 0 saturated carbocycles. The zero-order valence-electron chi connectivity index (χ0n) is 23.7. The maximum Gasteiger partial charge on any atom is 0.342 e. The highest BCUT2D eigenvalue weighted by molar-refractivity contribution is 7.54. The molecule has 3 N–H and O–H groups in total. The molecule has 1 saturated heterocycles. The number of nitrogens with zero attached hydrogens (tertiary/aromatic N) is 1. The van der Waals surface area contributed by atoms with E-state index in [1.165, 1.54) is 13.8 Å². The molecule has 0 aromatic carbocycles. The molecule has 232 valence electrons. The summed E-state index contributed by atoms with van der Waals surface area (Å²) in [6.07, 6.45) is -1.15. The molecule has 6 atom stereocenters. The molecule has 1 unspecified atom stereocenters. The normalized spacial score (nSPS) is 25.5. The van der Waals surface area contributed by atoms with Crippen LogP contribution in [0.15, 0.2) is 34.5 Å². The molecular weight excluding hydrogens is 570 g/mol. The molecule has 0 bridgehead atoms. The predicted octanol–water partition coefficient (Wildman–Crippen LogP) is 0.365. The zero-order valence-corrected chi connectivity index (χ0v) is 24.6. The van der Waals surface area contributed by atoms with Crippen LogP contribution in [0.2, 0.25) is 0 Å². The van der Waals surface area contributed by atoms with Crippen LogP contribution in [-0.2, 0) is 37.6 Å². The maximum absolute atomic E-state index is 16.1. The van der Waals surface area contributed by atoms with Crippen molar-refractivity contribution in [2.24, 2.45) is 0 Å². The molecule has 0 aliphatic carbocycles. The van der Waals surface area contributed by atoms with Gasteiger partial charge >= 0.3 is 25.3 Å². The van der Waals surface area contributed by atoms with Gasteiger partial charge in [0.25, 0.3) is 5.56 Å². The van der Waals surface area contributed by atoms with Crippen LogP contribution in [0.3, 0.4) is 0 Å². The highest BCUT2D eigenvalue weighted by Gasteiger charge is 2.57. The molecule has 2 heterocycles. The molecule has 41 heavy (non-hydrogen) atoms. The Bertz CT molecular complexity index is 1250. The summed E-state index contributed by atoms with van der Waals surface area (Å²) in [5, 5.41) is 16.2. The second-order valence-electron chi connectivity index (χ2n) is 10.1. The molecule has 1 fully saturated rings. The van der Waals surface area contributed by atoms with Crippen molar-refractivity contribution < 1.29 is 47.1 Å². The summed E-state index contributed by atoms with van der Waals surface area (Å²) in [6.45, 7) is 10.3. The van der Waals surface area contributed by atoms with Gasteiger partial charge in [-0.15, -0.1) is 6.58 Å². The number of hydrogen-bond acceptors (Lipinski definition) is 11. The van der Waals surface area contributed by atoms with Crippen LogP contribution in [0.1, 0.15) is 54.2 Å². The average Bonchev–Trinajstić information content (AvgIpc) is 3.11. The van der Waals surface area contributed by atoms with Crippen molar-refractivity contribution in [1.29, 1.82) is 0 Å². The minimum Gasteiger partial charge on any atom is -0.834 e. The van der Waals surface area contributed by atoms with Crippen LogP contribution >= 0.6 is 7.67 Å². The fourth-order valence-corrected chi connectivity index (χ4v) is 5.70. The van der Waals surface area contributed by atoms with E-state index >= 15 is 4.39 Å². The predicted molar refractivity (Wildman–Crippen MR) is 140 cm³/mol. The molecule has 15 nitrogen and oxygen atoms in total. The summed E-state index contributed by atoms with van der Waals surface area (Å²) in [5.41, 5.74) is -3.41. The monoisotopic (exact) mass is 607 g/mol. The average molecular weight is 608 g/mol. The number of nitrogens with one attached hydrogen (secondary N) is 3. The number of carbonyl (C=O) groups excluding carboxylic acids is 2. The van der Waals surface area contributed by atoms with Crippen LogP contribution < -0.4 is 26.5 Å². The Labute approximate surface area is 235 Å². The lowest BCUT2D eigenvalue weighted by Crippen LogP contribution is -2.44. The summed E-state index contributed by atoms with van der Waals surface area (Å²) < 4.78 is 57.2. The molecule has 0 spiro atoms. The Kier molecular flexibility index (Phi) is 11.7. The van der Waals surface area contributed by atoms with Crippen molar-refractivity contribution in [3.05, 3.63) is 45.8 Å². The molecule has 2 rings (SSSR count). The Morgan fingerprint density at radius 1 is 1.24 bits per heavy atom. The van der Waals surface area contributed by atoms with E-state index in [9.17, 15) is 28.8 Å². The fourth-order valence-electron chi connectivity index (χ4n) is 3.91. The van der Waals surface area contributed by atoms with Gasteiger partial charge in [-0.25, -0.2) is 24.2 Å². The van der Waals surface area contributed by atoms with E-state index in [0.717, 1.165) is 22.9 Å². The van der Waals surface area contributed by atoms with Crippen molar-refractivity contribution in [2.45, 2.75) is 89.9 Å². The Balaban J connectivity index is 2.37. The van der Waals surface area contributed by atoms with Gasteiger partial charge < -0.3 is 28.6 Å². The number of rotatable bonds is 15. The van der Waals surface area contributed by atoms with Gasteiger partial charge in [-0.05, 0) is 48.3 Å². The first kappa shape index (κ1) is 34.5. The standard InChI is InChI=1S/C24H37FN4O11P/c1-8-17(20(33)39-15(4)5)28-41(35,27-16(6)19(32)38-14(2)3)37-12-24(25)11-23(7,36-13-30)21(40-24)29-10-9-18(31)26-22(29)34/h8-10,14-17,21H,1,11-13H2,2-7H3,(H,26,31,34)(H2,27,28,35)/q-1/t16-,17-,21+,23+,24-,41?/m0/s1. The van der Waals surface area contributed by atoms with Gasteiger partial charge in [0.15, 0.2) is 6.23 Å². The summed E-state index contributed by atoms with van der Waals surface area (Å²) in [5.74, 6) is -4.50. The van der Waals surface area contributed by atoms with E-state index in [4.69, 9.17) is 23.5 Å². The minimum atomic E-state index is -4.51. The van der Waals surface area contributed by atoms with Crippen LogP contribution in [0.5, 0.6) is 0 Å². The van der Waals surface area contributed by atoms with Crippen LogP contribution in [0, 0.1) is 0 Å². The molecular formula is C24H37FN4O11P-. The summed E-state index contributed by atoms with van der Waals surface area (Å²) in [4.78, 5) is 50.8. The molecule has 1 aliphatic rings. The Morgan fingerprint density at radius 2 is 1.85 bits per heavy atom. The number of hydrogen-bond donors (Lipinski definition) is 3. The van der Waals surface area contributed by atoms with Gasteiger partial charge in [-0.2, -0.15) is 0 Å². The smallest absolute Gasteiger partial charge is 0.342 e. The molecule has 1 aromatic heterocycles. The van der Waals surface area contributed by atoms with Crippen LogP contribution in [0.25, 0.3) is 0 Å². The van der Waals surface area contributed by atoms with Gasteiger partial charge in [0.2, 0.25) is 5.85 Å². The second-order valence-corrected chi connectivity index (χ2v) is 12.0. The summed E-state index contributed by atoms with van der Waals surface area (Å²) in [6, 6.07) is -1.68. The first-order chi connectivity index (χ1) is 19.0. The van der Waals surface area contributed by atoms with Crippen LogP contribution in [0.4, 0.5) is 4.39 Å². The number of esters is 2. The third-order valence-corrected chi connectivity index (χ3v) is 7.47. The van der Waals surface area contributed by atoms with Crippen molar-refractivity contribution in [3.8, 4) is 0 Å². The van der Waals surface area contributed by atoms with Crippen molar-refractivity contribution >= 4 is 19.6 Å². The molecule has 17 heteroatoms. The SMILES string of the molecule is C=C[C@H](NP(=O)(N[C@@H](C)C(=O)OC(C)C)OC[C@]1(F)C[C@@](C)(OC[O-])[C@H](n2ccc(=O)[nH]c2=O)O1)C(=O)OC(C)C. The van der Waals surface area contributed by atoms with Crippen molar-refractivity contribution in [1.82, 2.24) is 19.7 Å². The highest BCUT2D eigenvalue weighted by atomic mass is 31.2.